The number of carbonyl (C=O) groups is 2. The predicted octanol–water partition coefficient (Wildman–Crippen LogP) is 3.91. The molecule has 174 valence electrons. The first kappa shape index (κ1) is 24.4. The van der Waals surface area contributed by atoms with Gasteiger partial charge in [0, 0.05) is 37.2 Å². The molecule has 0 radical (unpaired) electrons. The van der Waals surface area contributed by atoms with Crippen LogP contribution in [-0.4, -0.2) is 68.1 Å². The first-order chi connectivity index (χ1) is 15.6. The van der Waals surface area contributed by atoms with Crippen LogP contribution in [0.5, 0.6) is 0 Å². The van der Waals surface area contributed by atoms with Gasteiger partial charge in [0.25, 0.3) is 5.91 Å². The number of amides is 2. The highest BCUT2D eigenvalue weighted by Crippen LogP contribution is 2.44. The predicted molar refractivity (Wildman–Crippen MR) is 129 cm³/mol. The monoisotopic (exact) mass is 457 g/mol. The van der Waals surface area contributed by atoms with Crippen LogP contribution in [0, 0.1) is 0 Å². The highest BCUT2D eigenvalue weighted by Gasteiger charge is 2.44. The molecule has 0 aliphatic carbocycles. The molecule has 1 N–H and O–H groups in total. The minimum Gasteiger partial charge on any atom is -0.383 e. The van der Waals surface area contributed by atoms with Gasteiger partial charge in [-0.25, -0.2) is 0 Å². The first-order valence-electron chi connectivity index (χ1n) is 11.5. The third kappa shape index (κ3) is 5.57. The second-order valence-electron chi connectivity index (χ2n) is 8.10. The van der Waals surface area contributed by atoms with Crippen molar-refractivity contribution in [3.05, 3.63) is 57.8 Å². The van der Waals surface area contributed by atoms with Crippen molar-refractivity contribution < 1.29 is 14.3 Å². The molecule has 2 atom stereocenters. The topological polar surface area (TPSA) is 61.9 Å². The maximum Gasteiger partial charge on any atom is 0.254 e. The number of fused-ring (bicyclic) bond motifs is 1. The number of ether oxygens (including phenoxy) is 1. The molecule has 0 bridgehead atoms. The zero-order valence-corrected chi connectivity index (χ0v) is 20.2. The van der Waals surface area contributed by atoms with Gasteiger partial charge < -0.3 is 19.9 Å². The SMILES string of the molecule is CCCCN(CC)CCNC(=O)C1c2ccccc2C(=O)N(CCOC)C1c1cccs1. The second kappa shape index (κ2) is 12.1. The fourth-order valence-corrected chi connectivity index (χ4v) is 5.22. The van der Waals surface area contributed by atoms with Crippen molar-refractivity contribution in [1.82, 2.24) is 15.1 Å². The Hall–Kier alpha value is -2.22. The molecule has 2 heterocycles. The Kier molecular flexibility index (Phi) is 9.26. The van der Waals surface area contributed by atoms with Gasteiger partial charge in [0.1, 0.15) is 0 Å². The van der Waals surface area contributed by atoms with Gasteiger partial charge in [0.15, 0.2) is 0 Å². The maximum absolute atomic E-state index is 13.6. The maximum atomic E-state index is 13.6. The van der Waals surface area contributed by atoms with E-state index in [9.17, 15) is 9.59 Å². The molecule has 0 spiro atoms. The summed E-state index contributed by atoms with van der Waals surface area (Å²) in [7, 11) is 1.63. The normalized spacial score (nSPS) is 18.1. The minimum absolute atomic E-state index is 0.0303. The zero-order chi connectivity index (χ0) is 22.9. The molecule has 1 aromatic carbocycles. The minimum atomic E-state index is -0.454. The molecule has 2 unspecified atom stereocenters. The van der Waals surface area contributed by atoms with Crippen molar-refractivity contribution >= 4 is 23.2 Å². The summed E-state index contributed by atoms with van der Waals surface area (Å²) in [5, 5.41) is 5.17. The van der Waals surface area contributed by atoms with Gasteiger partial charge >= 0.3 is 0 Å². The van der Waals surface area contributed by atoms with Crippen molar-refractivity contribution in [2.45, 2.75) is 38.6 Å². The third-order valence-corrected chi connectivity index (χ3v) is 7.04. The van der Waals surface area contributed by atoms with Crippen LogP contribution in [0.3, 0.4) is 0 Å². The van der Waals surface area contributed by atoms with Gasteiger partial charge in [-0.1, -0.05) is 44.5 Å². The largest absolute Gasteiger partial charge is 0.383 e. The zero-order valence-electron chi connectivity index (χ0n) is 19.4. The Labute approximate surface area is 195 Å². The van der Waals surface area contributed by atoms with E-state index in [0.717, 1.165) is 42.9 Å². The Bertz CT molecular complexity index is 871. The summed E-state index contributed by atoms with van der Waals surface area (Å²) < 4.78 is 5.28. The van der Waals surface area contributed by atoms with Gasteiger partial charge in [-0.05, 0) is 42.6 Å². The summed E-state index contributed by atoms with van der Waals surface area (Å²) >= 11 is 1.58. The fraction of sp³-hybridized carbons (Fsp3) is 0.520. The highest BCUT2D eigenvalue weighted by molar-refractivity contribution is 7.10. The number of carbonyl (C=O) groups excluding carboxylic acids is 2. The van der Waals surface area contributed by atoms with E-state index < -0.39 is 5.92 Å². The smallest absolute Gasteiger partial charge is 0.254 e. The van der Waals surface area contributed by atoms with E-state index in [2.05, 4.69) is 24.1 Å². The number of methoxy groups -OCH3 is 1. The van der Waals surface area contributed by atoms with E-state index in [0.29, 0.717) is 25.3 Å². The highest BCUT2D eigenvalue weighted by atomic mass is 32.1. The number of likely N-dealkylation sites (N-methyl/N-ethyl adjacent to an activating group) is 1. The van der Waals surface area contributed by atoms with Crippen molar-refractivity contribution in [1.29, 1.82) is 0 Å². The van der Waals surface area contributed by atoms with Gasteiger partial charge in [0.05, 0.1) is 18.6 Å². The molecule has 6 nitrogen and oxygen atoms in total. The van der Waals surface area contributed by atoms with E-state index in [1.807, 2.05) is 46.7 Å². The molecule has 32 heavy (non-hydrogen) atoms. The Morgan fingerprint density at radius 3 is 2.69 bits per heavy atom. The number of hydrogen-bond donors (Lipinski definition) is 1. The molecule has 1 aliphatic rings. The molecule has 1 aromatic heterocycles. The van der Waals surface area contributed by atoms with Crippen molar-refractivity contribution in [3.8, 4) is 0 Å². The Morgan fingerprint density at radius 2 is 2.00 bits per heavy atom. The van der Waals surface area contributed by atoms with Crippen LogP contribution in [0.4, 0.5) is 0 Å². The fourth-order valence-electron chi connectivity index (χ4n) is 4.34. The summed E-state index contributed by atoms with van der Waals surface area (Å²) in [4.78, 5) is 32.1. The second-order valence-corrected chi connectivity index (χ2v) is 9.07. The van der Waals surface area contributed by atoms with Crippen LogP contribution in [-0.2, 0) is 9.53 Å². The van der Waals surface area contributed by atoms with Crippen LogP contribution in [0.25, 0.3) is 0 Å². The number of unbranched alkanes of at least 4 members (excludes halogenated alkanes) is 1. The number of hydrogen-bond acceptors (Lipinski definition) is 5. The molecule has 0 saturated heterocycles. The van der Waals surface area contributed by atoms with Gasteiger partial charge in [-0.3, -0.25) is 9.59 Å². The van der Waals surface area contributed by atoms with Crippen LogP contribution < -0.4 is 5.32 Å². The van der Waals surface area contributed by atoms with Crippen molar-refractivity contribution in [2.24, 2.45) is 0 Å². The van der Waals surface area contributed by atoms with E-state index in [1.165, 1.54) is 0 Å². The number of thiophene rings is 1. The summed E-state index contributed by atoms with van der Waals surface area (Å²) in [5.74, 6) is -0.528. The van der Waals surface area contributed by atoms with E-state index in [4.69, 9.17) is 4.74 Å². The summed E-state index contributed by atoms with van der Waals surface area (Å²) in [6.07, 6.45) is 2.32. The standard InChI is InChI=1S/C25H35N3O3S/c1-4-6-14-27(5-2)15-13-26-24(29)22-19-10-7-8-11-20(19)25(30)28(16-17-31-3)23(22)21-12-9-18-32-21/h7-12,18,22-23H,4-6,13-17H2,1-3H3,(H,26,29). The molecule has 2 amide bonds. The third-order valence-electron chi connectivity index (χ3n) is 6.09. The van der Waals surface area contributed by atoms with Crippen molar-refractivity contribution in [2.75, 3.05) is 46.4 Å². The molecule has 1 aliphatic heterocycles. The number of nitrogens with zero attached hydrogens (tertiary/aromatic N) is 2. The van der Waals surface area contributed by atoms with E-state index in [-0.39, 0.29) is 17.9 Å². The average Bonchev–Trinajstić information content (AvgIpc) is 3.35. The molecule has 2 aromatic rings. The van der Waals surface area contributed by atoms with Crippen LogP contribution in [0.15, 0.2) is 41.8 Å². The summed E-state index contributed by atoms with van der Waals surface area (Å²) in [6, 6.07) is 11.2. The molecule has 0 saturated carbocycles. The quantitative estimate of drug-likeness (QED) is 0.525. The lowest BCUT2D eigenvalue weighted by atomic mass is 9.81. The van der Waals surface area contributed by atoms with Crippen LogP contribution >= 0.6 is 11.3 Å². The van der Waals surface area contributed by atoms with Crippen molar-refractivity contribution in [3.63, 3.8) is 0 Å². The number of rotatable bonds is 12. The number of nitrogens with one attached hydrogen (secondary N) is 1. The van der Waals surface area contributed by atoms with E-state index >= 15 is 0 Å². The van der Waals surface area contributed by atoms with E-state index in [1.54, 1.807) is 18.4 Å². The van der Waals surface area contributed by atoms with Crippen LogP contribution in [0.2, 0.25) is 0 Å². The Balaban J connectivity index is 1.87. The lowest BCUT2D eigenvalue weighted by molar-refractivity contribution is -0.124. The first-order valence-corrected chi connectivity index (χ1v) is 12.4. The molecule has 0 fully saturated rings. The van der Waals surface area contributed by atoms with Gasteiger partial charge in [-0.15, -0.1) is 11.3 Å². The lowest BCUT2D eigenvalue weighted by Crippen LogP contribution is -2.49. The molecular weight excluding hydrogens is 422 g/mol. The average molecular weight is 458 g/mol. The lowest BCUT2D eigenvalue weighted by Gasteiger charge is -2.41. The van der Waals surface area contributed by atoms with Crippen LogP contribution in [0.1, 0.15) is 59.4 Å². The van der Waals surface area contributed by atoms with Gasteiger partial charge in [-0.2, -0.15) is 0 Å². The Morgan fingerprint density at radius 1 is 1.19 bits per heavy atom. The molecule has 3 rings (SSSR count). The number of benzene rings is 1. The van der Waals surface area contributed by atoms with Gasteiger partial charge in [0.2, 0.25) is 5.91 Å². The summed E-state index contributed by atoms with van der Waals surface area (Å²) in [5.41, 5.74) is 1.41. The summed E-state index contributed by atoms with van der Waals surface area (Å²) in [6.45, 7) is 8.65. The molecule has 7 heteroatoms. The molecular formula is C25H35N3O3S.